The Labute approximate surface area is 84.3 Å². The highest BCUT2D eigenvalue weighted by Gasteiger charge is 2.11. The lowest BCUT2D eigenvalue weighted by Crippen LogP contribution is -2.00. The Kier molecular flexibility index (Phi) is 3.66. The summed E-state index contributed by atoms with van der Waals surface area (Å²) in [5.74, 6) is 0. The lowest BCUT2D eigenvalue weighted by Gasteiger charge is -2.09. The second kappa shape index (κ2) is 4.56. The average molecular weight is 250 g/mol. The topological polar surface area (TPSA) is 12.0 Å². The van der Waals surface area contributed by atoms with Crippen LogP contribution in [0.3, 0.4) is 0 Å². The number of anilines is 1. The number of halogens is 3. The van der Waals surface area contributed by atoms with Gasteiger partial charge in [-0.3, -0.25) is 0 Å². The lowest BCUT2D eigenvalue weighted by atomic mass is 10.2. The van der Waals surface area contributed by atoms with Crippen LogP contribution >= 0.6 is 15.9 Å². The monoisotopic (exact) mass is 249 g/mol. The van der Waals surface area contributed by atoms with Crippen LogP contribution in [-0.4, -0.2) is 6.54 Å². The minimum Gasteiger partial charge on any atom is -0.385 e. The van der Waals surface area contributed by atoms with Gasteiger partial charge < -0.3 is 5.32 Å². The number of nitrogens with one attached hydrogen (secondary N) is 1. The molecule has 0 aliphatic carbocycles. The summed E-state index contributed by atoms with van der Waals surface area (Å²) >= 11 is 3.23. The van der Waals surface area contributed by atoms with E-state index in [1.165, 1.54) is 6.07 Å². The minimum absolute atomic E-state index is 0.0463. The maximum atomic E-state index is 12.4. The molecule has 0 unspecified atom stereocenters. The summed E-state index contributed by atoms with van der Waals surface area (Å²) in [6.45, 7) is 2.51. The van der Waals surface area contributed by atoms with Crippen LogP contribution in [0.15, 0.2) is 22.7 Å². The van der Waals surface area contributed by atoms with E-state index in [0.29, 0.717) is 12.2 Å². The predicted molar refractivity (Wildman–Crippen MR) is 53.3 cm³/mol. The van der Waals surface area contributed by atoms with Crippen molar-refractivity contribution in [1.29, 1.82) is 0 Å². The molecule has 0 aliphatic rings. The molecule has 1 aromatic rings. The smallest absolute Gasteiger partial charge is 0.265 e. The van der Waals surface area contributed by atoms with Gasteiger partial charge in [-0.1, -0.05) is 22.0 Å². The molecule has 1 nitrogen and oxygen atoms in total. The average Bonchev–Trinajstić information content (AvgIpc) is 2.04. The van der Waals surface area contributed by atoms with Crippen LogP contribution in [0, 0.1) is 0 Å². The second-order valence-electron chi connectivity index (χ2n) is 2.56. The van der Waals surface area contributed by atoms with Gasteiger partial charge >= 0.3 is 0 Å². The van der Waals surface area contributed by atoms with Crippen molar-refractivity contribution in [3.8, 4) is 0 Å². The van der Waals surface area contributed by atoms with Crippen molar-refractivity contribution in [3.63, 3.8) is 0 Å². The van der Waals surface area contributed by atoms with E-state index in [1.54, 1.807) is 12.1 Å². The molecule has 72 valence electrons. The van der Waals surface area contributed by atoms with E-state index in [4.69, 9.17) is 0 Å². The normalized spacial score (nSPS) is 10.5. The first kappa shape index (κ1) is 10.4. The van der Waals surface area contributed by atoms with Gasteiger partial charge in [-0.25, -0.2) is 8.78 Å². The van der Waals surface area contributed by atoms with Crippen LogP contribution in [0.2, 0.25) is 0 Å². The van der Waals surface area contributed by atoms with Gasteiger partial charge in [0.25, 0.3) is 6.43 Å². The molecule has 1 aromatic carbocycles. The van der Waals surface area contributed by atoms with Gasteiger partial charge in [0.15, 0.2) is 0 Å². The van der Waals surface area contributed by atoms with Crippen molar-refractivity contribution in [2.75, 3.05) is 11.9 Å². The molecule has 13 heavy (non-hydrogen) atoms. The summed E-state index contributed by atoms with van der Waals surface area (Å²) in [6, 6.07) is 4.69. The van der Waals surface area contributed by atoms with E-state index in [2.05, 4.69) is 21.2 Å². The summed E-state index contributed by atoms with van der Waals surface area (Å²) in [7, 11) is 0. The largest absolute Gasteiger partial charge is 0.385 e. The van der Waals surface area contributed by atoms with E-state index < -0.39 is 6.43 Å². The summed E-state index contributed by atoms with van der Waals surface area (Å²) < 4.78 is 25.7. The molecule has 0 amide bonds. The van der Waals surface area contributed by atoms with E-state index in [1.807, 2.05) is 6.92 Å². The third-order valence-corrected chi connectivity index (χ3v) is 2.11. The van der Waals surface area contributed by atoms with Crippen molar-refractivity contribution in [3.05, 3.63) is 28.2 Å². The molecular weight excluding hydrogens is 240 g/mol. The van der Waals surface area contributed by atoms with E-state index in [9.17, 15) is 8.78 Å². The van der Waals surface area contributed by atoms with Gasteiger partial charge in [-0.2, -0.15) is 0 Å². The lowest BCUT2D eigenvalue weighted by molar-refractivity contribution is 0.152. The van der Waals surface area contributed by atoms with Gasteiger partial charge in [-0.15, -0.1) is 0 Å². The number of rotatable bonds is 3. The Hall–Kier alpha value is -0.640. The molecule has 0 saturated carbocycles. The summed E-state index contributed by atoms with van der Waals surface area (Å²) in [5, 5.41) is 2.89. The van der Waals surface area contributed by atoms with Crippen LogP contribution < -0.4 is 5.32 Å². The Balaban J connectivity index is 3.03. The summed E-state index contributed by atoms with van der Waals surface area (Å²) in [5.41, 5.74) is 0.539. The SMILES string of the molecule is CCNc1cc(Br)ccc1C(F)F. The van der Waals surface area contributed by atoms with Crippen molar-refractivity contribution >= 4 is 21.6 Å². The van der Waals surface area contributed by atoms with Crippen LogP contribution in [0.1, 0.15) is 18.9 Å². The fourth-order valence-electron chi connectivity index (χ4n) is 1.06. The van der Waals surface area contributed by atoms with Crippen molar-refractivity contribution < 1.29 is 8.78 Å². The van der Waals surface area contributed by atoms with E-state index in [-0.39, 0.29) is 5.56 Å². The molecule has 0 spiro atoms. The molecular formula is C9H10BrF2N. The molecule has 0 aromatic heterocycles. The molecule has 0 fully saturated rings. The highest BCUT2D eigenvalue weighted by molar-refractivity contribution is 9.10. The number of hydrogen-bond donors (Lipinski definition) is 1. The number of alkyl halides is 2. The molecule has 0 radical (unpaired) electrons. The van der Waals surface area contributed by atoms with Crippen LogP contribution in [-0.2, 0) is 0 Å². The van der Waals surface area contributed by atoms with Crippen molar-refractivity contribution in [1.82, 2.24) is 0 Å². The van der Waals surface area contributed by atoms with Gasteiger partial charge in [-0.05, 0) is 19.1 Å². The minimum atomic E-state index is -2.43. The Morgan fingerprint density at radius 3 is 2.69 bits per heavy atom. The highest BCUT2D eigenvalue weighted by Crippen LogP contribution is 2.29. The number of benzene rings is 1. The zero-order valence-corrected chi connectivity index (χ0v) is 8.74. The highest BCUT2D eigenvalue weighted by atomic mass is 79.9. The molecule has 0 heterocycles. The molecule has 4 heteroatoms. The standard InChI is InChI=1S/C9H10BrF2N/c1-2-13-8-5-6(10)3-4-7(8)9(11)12/h3-5,9,13H,2H2,1H3. The van der Waals surface area contributed by atoms with Gasteiger partial charge in [0.2, 0.25) is 0 Å². The summed E-state index contributed by atoms with van der Waals surface area (Å²) in [6.07, 6.45) is -2.43. The maximum Gasteiger partial charge on any atom is 0.265 e. The first-order valence-electron chi connectivity index (χ1n) is 3.96. The van der Waals surface area contributed by atoms with Gasteiger partial charge in [0, 0.05) is 22.3 Å². The molecule has 0 bridgehead atoms. The first-order chi connectivity index (χ1) is 6.15. The molecule has 0 saturated heterocycles. The van der Waals surface area contributed by atoms with Crippen LogP contribution in [0.4, 0.5) is 14.5 Å². The van der Waals surface area contributed by atoms with Gasteiger partial charge in [0.05, 0.1) is 0 Å². The Morgan fingerprint density at radius 2 is 2.15 bits per heavy atom. The van der Waals surface area contributed by atoms with Gasteiger partial charge in [0.1, 0.15) is 0 Å². The third-order valence-electron chi connectivity index (χ3n) is 1.62. The van der Waals surface area contributed by atoms with Crippen molar-refractivity contribution in [2.24, 2.45) is 0 Å². The quantitative estimate of drug-likeness (QED) is 0.859. The fourth-order valence-corrected chi connectivity index (χ4v) is 1.42. The number of hydrogen-bond acceptors (Lipinski definition) is 1. The van der Waals surface area contributed by atoms with Crippen LogP contribution in [0.5, 0.6) is 0 Å². The second-order valence-corrected chi connectivity index (χ2v) is 3.48. The molecule has 0 atom stereocenters. The Morgan fingerprint density at radius 1 is 1.46 bits per heavy atom. The summed E-state index contributed by atoms with van der Waals surface area (Å²) in [4.78, 5) is 0. The molecule has 0 aliphatic heterocycles. The fraction of sp³-hybridized carbons (Fsp3) is 0.333. The Bertz CT molecular complexity index is 289. The predicted octanol–water partition coefficient (Wildman–Crippen LogP) is 3.82. The van der Waals surface area contributed by atoms with Crippen LogP contribution in [0.25, 0.3) is 0 Å². The zero-order valence-electron chi connectivity index (χ0n) is 7.15. The van der Waals surface area contributed by atoms with E-state index in [0.717, 1.165) is 4.47 Å². The van der Waals surface area contributed by atoms with E-state index >= 15 is 0 Å². The van der Waals surface area contributed by atoms with Crippen molar-refractivity contribution in [2.45, 2.75) is 13.3 Å². The third kappa shape index (κ3) is 2.66. The first-order valence-corrected chi connectivity index (χ1v) is 4.76. The molecule has 1 N–H and O–H groups in total. The maximum absolute atomic E-state index is 12.4. The zero-order chi connectivity index (χ0) is 9.84. The molecule has 1 rings (SSSR count).